The number of carbonyl (C=O) groups is 1. The second-order valence-corrected chi connectivity index (χ2v) is 7.84. The Kier molecular flexibility index (Phi) is 4.37. The van der Waals surface area contributed by atoms with Gasteiger partial charge in [-0.05, 0) is 42.2 Å². The number of H-pyrrole nitrogens is 1. The number of aliphatic hydroxyl groups is 1. The number of β-amino-alcohol motifs (C(OH)–C–C–N with tert-alkyl or cyclic N) is 1. The standard InChI is InChI=1S/C22H24N4O2/c27-21-14-26(22(28)16-5-6-19-18(11-16)12-23-24-19)10-8-20(21)25-9-7-15-3-1-2-4-17(15)13-25/h1-6,11-12,20-21,27H,7-10,13-14H2,(H,23,24)/t20-,21-/m1/s1. The van der Waals surface area contributed by atoms with Gasteiger partial charge in [0.2, 0.25) is 0 Å². The molecule has 2 aliphatic heterocycles. The number of aromatic amines is 1. The van der Waals surface area contributed by atoms with E-state index in [1.54, 1.807) is 11.1 Å². The van der Waals surface area contributed by atoms with Crippen molar-refractivity contribution in [3.8, 4) is 0 Å². The van der Waals surface area contributed by atoms with Crippen LogP contribution < -0.4 is 0 Å². The van der Waals surface area contributed by atoms with E-state index in [0.29, 0.717) is 18.7 Å². The van der Waals surface area contributed by atoms with Gasteiger partial charge in [-0.3, -0.25) is 14.8 Å². The largest absolute Gasteiger partial charge is 0.390 e. The number of carbonyl (C=O) groups excluding carboxylic acids is 1. The van der Waals surface area contributed by atoms with Crippen molar-refractivity contribution in [3.05, 3.63) is 65.4 Å². The molecule has 6 nitrogen and oxygen atoms in total. The fourth-order valence-corrected chi connectivity index (χ4v) is 4.59. The molecule has 3 heterocycles. The highest BCUT2D eigenvalue weighted by Gasteiger charge is 2.35. The molecule has 6 heteroatoms. The lowest BCUT2D eigenvalue weighted by molar-refractivity contribution is -0.0137. The smallest absolute Gasteiger partial charge is 0.253 e. The summed E-state index contributed by atoms with van der Waals surface area (Å²) in [6, 6.07) is 14.2. The van der Waals surface area contributed by atoms with Gasteiger partial charge in [0, 0.05) is 43.2 Å². The monoisotopic (exact) mass is 376 g/mol. The zero-order chi connectivity index (χ0) is 19.1. The van der Waals surface area contributed by atoms with E-state index in [4.69, 9.17) is 0 Å². The lowest BCUT2D eigenvalue weighted by Crippen LogP contribution is -2.56. The van der Waals surface area contributed by atoms with Crippen LogP contribution in [0.2, 0.25) is 0 Å². The Morgan fingerprint density at radius 1 is 1.14 bits per heavy atom. The van der Waals surface area contributed by atoms with Gasteiger partial charge < -0.3 is 10.0 Å². The van der Waals surface area contributed by atoms with Gasteiger partial charge in [0.05, 0.1) is 17.8 Å². The number of piperidine rings is 1. The highest BCUT2D eigenvalue weighted by Crippen LogP contribution is 2.26. The quantitative estimate of drug-likeness (QED) is 0.719. The summed E-state index contributed by atoms with van der Waals surface area (Å²) in [4.78, 5) is 17.1. The molecule has 0 unspecified atom stereocenters. The zero-order valence-electron chi connectivity index (χ0n) is 15.7. The predicted molar refractivity (Wildman–Crippen MR) is 107 cm³/mol. The molecule has 0 saturated carbocycles. The number of hydrogen-bond acceptors (Lipinski definition) is 4. The van der Waals surface area contributed by atoms with E-state index >= 15 is 0 Å². The van der Waals surface area contributed by atoms with Crippen molar-refractivity contribution in [1.29, 1.82) is 0 Å². The molecule has 0 bridgehead atoms. The van der Waals surface area contributed by atoms with Gasteiger partial charge in [-0.2, -0.15) is 5.10 Å². The minimum atomic E-state index is -0.527. The van der Waals surface area contributed by atoms with E-state index in [9.17, 15) is 9.90 Å². The Morgan fingerprint density at radius 3 is 2.86 bits per heavy atom. The maximum absolute atomic E-state index is 12.9. The van der Waals surface area contributed by atoms with Gasteiger partial charge >= 0.3 is 0 Å². The minimum Gasteiger partial charge on any atom is -0.390 e. The van der Waals surface area contributed by atoms with E-state index in [1.165, 1.54) is 11.1 Å². The first kappa shape index (κ1) is 17.4. The number of likely N-dealkylation sites (tertiary alicyclic amines) is 1. The Balaban J connectivity index is 1.27. The summed E-state index contributed by atoms with van der Waals surface area (Å²) >= 11 is 0. The fraction of sp³-hybridized carbons (Fsp3) is 0.364. The van der Waals surface area contributed by atoms with Gasteiger partial charge in [0.1, 0.15) is 0 Å². The molecular weight excluding hydrogens is 352 g/mol. The number of aliphatic hydroxyl groups excluding tert-OH is 1. The summed E-state index contributed by atoms with van der Waals surface area (Å²) in [6.45, 7) is 2.89. The molecule has 2 atom stereocenters. The van der Waals surface area contributed by atoms with Crippen LogP contribution in [-0.2, 0) is 13.0 Å². The summed E-state index contributed by atoms with van der Waals surface area (Å²) in [5, 5.41) is 18.7. The molecule has 1 fully saturated rings. The third kappa shape index (κ3) is 3.08. The van der Waals surface area contributed by atoms with Crippen molar-refractivity contribution >= 4 is 16.8 Å². The Hall–Kier alpha value is -2.70. The molecule has 2 aliphatic rings. The second-order valence-electron chi connectivity index (χ2n) is 7.84. The van der Waals surface area contributed by atoms with Gasteiger partial charge in [-0.25, -0.2) is 0 Å². The molecule has 2 N–H and O–H groups in total. The maximum Gasteiger partial charge on any atom is 0.253 e. The van der Waals surface area contributed by atoms with Crippen LogP contribution in [0.5, 0.6) is 0 Å². The molecule has 1 amide bonds. The third-order valence-corrected chi connectivity index (χ3v) is 6.15. The first-order chi connectivity index (χ1) is 13.7. The number of aromatic nitrogens is 2. The van der Waals surface area contributed by atoms with Crippen molar-refractivity contribution < 1.29 is 9.90 Å². The summed E-state index contributed by atoms with van der Waals surface area (Å²) in [5.74, 6) is -0.0235. The fourth-order valence-electron chi connectivity index (χ4n) is 4.59. The molecular formula is C22H24N4O2. The molecule has 5 rings (SSSR count). The number of rotatable bonds is 2. The average molecular weight is 376 g/mol. The van der Waals surface area contributed by atoms with Gasteiger partial charge in [-0.15, -0.1) is 0 Å². The zero-order valence-corrected chi connectivity index (χ0v) is 15.7. The first-order valence-electron chi connectivity index (χ1n) is 9.90. The van der Waals surface area contributed by atoms with Crippen molar-refractivity contribution in [3.63, 3.8) is 0 Å². The van der Waals surface area contributed by atoms with Crippen LogP contribution in [0.15, 0.2) is 48.7 Å². The normalized spacial score (nSPS) is 23.0. The Morgan fingerprint density at radius 2 is 2.00 bits per heavy atom. The summed E-state index contributed by atoms with van der Waals surface area (Å²) in [5.41, 5.74) is 4.33. The molecule has 0 aliphatic carbocycles. The second kappa shape index (κ2) is 7.04. The van der Waals surface area contributed by atoms with Crippen LogP contribution in [0, 0.1) is 0 Å². The van der Waals surface area contributed by atoms with Gasteiger partial charge in [-0.1, -0.05) is 24.3 Å². The SMILES string of the molecule is O=C(c1ccc2[nH]ncc2c1)N1CC[C@@H](N2CCc3ccccc3C2)[C@H](O)C1. The number of hydrogen-bond donors (Lipinski definition) is 2. The molecule has 3 aromatic rings. The molecule has 0 radical (unpaired) electrons. The lowest BCUT2D eigenvalue weighted by Gasteiger charge is -2.43. The van der Waals surface area contributed by atoms with Crippen LogP contribution in [0.1, 0.15) is 27.9 Å². The summed E-state index contributed by atoms with van der Waals surface area (Å²) < 4.78 is 0. The number of fused-ring (bicyclic) bond motifs is 2. The van der Waals surface area contributed by atoms with Crippen molar-refractivity contribution in [2.24, 2.45) is 0 Å². The van der Waals surface area contributed by atoms with Crippen LogP contribution in [0.3, 0.4) is 0 Å². The van der Waals surface area contributed by atoms with E-state index < -0.39 is 6.10 Å². The van der Waals surface area contributed by atoms with Crippen LogP contribution in [0.25, 0.3) is 10.9 Å². The van der Waals surface area contributed by atoms with Gasteiger partial charge in [0.15, 0.2) is 0 Å². The topological polar surface area (TPSA) is 72.5 Å². The van der Waals surface area contributed by atoms with E-state index in [1.807, 2.05) is 18.2 Å². The Labute approximate surface area is 163 Å². The molecule has 1 saturated heterocycles. The lowest BCUT2D eigenvalue weighted by atomic mass is 9.94. The van der Waals surface area contributed by atoms with Crippen molar-refractivity contribution in [2.45, 2.75) is 31.5 Å². The molecule has 1 aromatic heterocycles. The van der Waals surface area contributed by atoms with Gasteiger partial charge in [0.25, 0.3) is 5.91 Å². The highest BCUT2D eigenvalue weighted by molar-refractivity contribution is 5.97. The number of benzene rings is 2. The highest BCUT2D eigenvalue weighted by atomic mass is 16.3. The number of nitrogens with one attached hydrogen (secondary N) is 1. The van der Waals surface area contributed by atoms with Crippen molar-refractivity contribution in [1.82, 2.24) is 20.0 Å². The van der Waals surface area contributed by atoms with Crippen molar-refractivity contribution in [2.75, 3.05) is 19.6 Å². The van der Waals surface area contributed by atoms with E-state index in [-0.39, 0.29) is 11.9 Å². The predicted octanol–water partition coefficient (Wildman–Crippen LogP) is 2.20. The van der Waals surface area contributed by atoms with E-state index in [0.717, 1.165) is 36.8 Å². The average Bonchev–Trinajstić information content (AvgIpc) is 3.20. The van der Waals surface area contributed by atoms with E-state index in [2.05, 4.69) is 39.4 Å². The number of nitrogens with zero attached hydrogens (tertiary/aromatic N) is 3. The Bertz CT molecular complexity index is 1010. The first-order valence-corrected chi connectivity index (χ1v) is 9.90. The van der Waals surface area contributed by atoms with Crippen LogP contribution in [0.4, 0.5) is 0 Å². The molecule has 2 aromatic carbocycles. The number of amides is 1. The molecule has 144 valence electrons. The minimum absolute atomic E-state index is 0.0235. The van der Waals surface area contributed by atoms with Crippen LogP contribution in [-0.4, -0.2) is 62.8 Å². The molecule has 28 heavy (non-hydrogen) atoms. The summed E-state index contributed by atoms with van der Waals surface area (Å²) in [7, 11) is 0. The van der Waals surface area contributed by atoms with Crippen LogP contribution >= 0.6 is 0 Å². The maximum atomic E-state index is 12.9. The molecule has 0 spiro atoms. The summed E-state index contributed by atoms with van der Waals surface area (Å²) in [6.07, 6.45) is 3.01. The third-order valence-electron chi connectivity index (χ3n) is 6.15.